The summed E-state index contributed by atoms with van der Waals surface area (Å²) in [6.07, 6.45) is 0. The van der Waals surface area contributed by atoms with Crippen LogP contribution in [0.4, 0.5) is 0 Å². The summed E-state index contributed by atoms with van der Waals surface area (Å²) < 4.78 is 11.7. The molecule has 0 unspecified atom stereocenters. The summed E-state index contributed by atoms with van der Waals surface area (Å²) >= 11 is 0. The van der Waals surface area contributed by atoms with E-state index in [-0.39, 0.29) is 6.71 Å². The van der Waals surface area contributed by atoms with Crippen LogP contribution >= 0.6 is 0 Å². The zero-order valence-electron chi connectivity index (χ0n) is 27.6. The number of hydrogen-bond acceptors (Lipinski definition) is 1. The van der Waals surface area contributed by atoms with Gasteiger partial charge in [-0.15, -0.1) is 0 Å². The molecule has 0 fully saturated rings. The largest absolute Gasteiger partial charge is 0.458 e. The summed E-state index contributed by atoms with van der Waals surface area (Å²) in [5.41, 5.74) is 17.6. The van der Waals surface area contributed by atoms with E-state index < -0.39 is 0 Å². The summed E-state index contributed by atoms with van der Waals surface area (Å²) in [6, 6.07) is 49.2. The molecule has 3 nitrogen and oxygen atoms in total. The summed E-state index contributed by atoms with van der Waals surface area (Å²) in [7, 11) is 0. The average Bonchev–Trinajstić information content (AvgIpc) is 3.62. The minimum absolute atomic E-state index is 0.0647. The van der Waals surface area contributed by atoms with Gasteiger partial charge in [0, 0.05) is 38.4 Å². The highest BCUT2D eigenvalue weighted by Crippen LogP contribution is 2.42. The molecule has 0 aliphatic carbocycles. The molecule has 0 saturated carbocycles. The van der Waals surface area contributed by atoms with E-state index in [1.807, 2.05) is 0 Å². The van der Waals surface area contributed by atoms with Gasteiger partial charge in [0.2, 0.25) is 0 Å². The van der Waals surface area contributed by atoms with Crippen LogP contribution in [0.5, 0.6) is 11.5 Å². The molecule has 0 radical (unpaired) electrons. The maximum Gasteiger partial charge on any atom is 0.256 e. The maximum absolute atomic E-state index is 6.76. The number of nitrogens with zero attached hydrogens (tertiary/aromatic N) is 2. The SMILES string of the molecule is Cc1cc(C)c(-c2ccc3c(c2)B2c4c(cccc4-n4c5cc6c(cc5c5cccc2c54)c2ccccc2n6-c2ccccc2)O3)c(C)c1. The van der Waals surface area contributed by atoms with Crippen LogP contribution in [0.2, 0.25) is 0 Å². The number of aryl methyl sites for hydroxylation is 3. The Kier molecular flexibility index (Phi) is 5.26. The minimum Gasteiger partial charge on any atom is -0.458 e. The number of rotatable bonds is 2. The molecule has 7 aromatic carbocycles. The standard InChI is InChI=1S/C45H31BN2O/c1-26-21-27(2)43(28(3)22-26)29-19-20-41-36(23-29)46-35-15-9-14-32-34-24-33-31-13-7-8-16-37(31)47(30-11-5-4-6-12-30)39(33)25-40(34)48(45(32)35)38-17-10-18-42(49-41)44(38)46/h4-25H,1-3H3. The van der Waals surface area contributed by atoms with Crippen molar-refractivity contribution in [2.75, 3.05) is 0 Å². The van der Waals surface area contributed by atoms with Gasteiger partial charge in [0.15, 0.2) is 0 Å². The number of ether oxygens (including phenoxy) is 1. The summed E-state index contributed by atoms with van der Waals surface area (Å²) in [5.74, 6) is 1.88. The van der Waals surface area contributed by atoms with E-state index in [1.165, 1.54) is 99.2 Å². The van der Waals surface area contributed by atoms with Crippen LogP contribution in [-0.2, 0) is 0 Å². The Morgan fingerprint density at radius 2 is 1.24 bits per heavy atom. The number of aromatic nitrogens is 2. The van der Waals surface area contributed by atoms with Crippen LogP contribution in [0, 0.1) is 20.8 Å². The number of fused-ring (bicyclic) bond motifs is 10. The topological polar surface area (TPSA) is 19.1 Å². The first-order valence-electron chi connectivity index (χ1n) is 17.1. The Bertz CT molecular complexity index is 2870. The molecule has 2 aliphatic heterocycles. The third kappa shape index (κ3) is 3.53. The fourth-order valence-corrected chi connectivity index (χ4v) is 9.25. The van der Waals surface area contributed by atoms with Crippen molar-refractivity contribution in [1.82, 2.24) is 9.13 Å². The monoisotopic (exact) mass is 626 g/mol. The Morgan fingerprint density at radius 1 is 0.510 bits per heavy atom. The van der Waals surface area contributed by atoms with Gasteiger partial charge in [0.1, 0.15) is 11.5 Å². The molecule has 2 aliphatic rings. The molecular formula is C45H31BN2O. The first-order chi connectivity index (χ1) is 24.0. The van der Waals surface area contributed by atoms with Gasteiger partial charge in [-0.2, -0.15) is 0 Å². The molecule has 0 atom stereocenters. The van der Waals surface area contributed by atoms with Gasteiger partial charge in [-0.3, -0.25) is 0 Å². The lowest BCUT2D eigenvalue weighted by Gasteiger charge is -2.33. The highest BCUT2D eigenvalue weighted by atomic mass is 16.5. The first-order valence-corrected chi connectivity index (χ1v) is 17.1. The molecule has 49 heavy (non-hydrogen) atoms. The lowest BCUT2D eigenvalue weighted by Crippen LogP contribution is -2.58. The van der Waals surface area contributed by atoms with Gasteiger partial charge in [-0.1, -0.05) is 90.5 Å². The van der Waals surface area contributed by atoms with E-state index in [0.717, 1.165) is 11.5 Å². The molecule has 0 bridgehead atoms. The van der Waals surface area contributed by atoms with E-state index >= 15 is 0 Å². The van der Waals surface area contributed by atoms with E-state index in [9.17, 15) is 0 Å². The van der Waals surface area contributed by atoms with Gasteiger partial charge < -0.3 is 13.9 Å². The molecule has 0 saturated heterocycles. The molecule has 0 amide bonds. The van der Waals surface area contributed by atoms with Crippen molar-refractivity contribution in [3.63, 3.8) is 0 Å². The van der Waals surface area contributed by atoms with Crippen molar-refractivity contribution < 1.29 is 4.74 Å². The van der Waals surface area contributed by atoms with E-state index in [4.69, 9.17) is 4.74 Å². The first kappa shape index (κ1) is 27.0. The van der Waals surface area contributed by atoms with E-state index in [0.29, 0.717) is 0 Å². The van der Waals surface area contributed by atoms with Crippen molar-refractivity contribution in [3.8, 4) is 34.0 Å². The zero-order valence-corrected chi connectivity index (χ0v) is 27.6. The number of hydrogen-bond donors (Lipinski definition) is 0. The van der Waals surface area contributed by atoms with Crippen LogP contribution in [-0.4, -0.2) is 15.8 Å². The predicted molar refractivity (Wildman–Crippen MR) is 206 cm³/mol. The molecule has 11 rings (SSSR count). The van der Waals surface area contributed by atoms with Gasteiger partial charge in [0.25, 0.3) is 6.71 Å². The predicted octanol–water partition coefficient (Wildman–Crippen LogP) is 9.41. The highest BCUT2D eigenvalue weighted by Gasteiger charge is 2.40. The number of benzene rings is 7. The highest BCUT2D eigenvalue weighted by molar-refractivity contribution is 6.99. The second-order valence-electron chi connectivity index (χ2n) is 13.9. The lowest BCUT2D eigenvalue weighted by atomic mass is 9.34. The van der Waals surface area contributed by atoms with Crippen molar-refractivity contribution in [2.24, 2.45) is 0 Å². The van der Waals surface area contributed by atoms with Crippen molar-refractivity contribution >= 4 is 66.7 Å². The molecule has 230 valence electrons. The van der Waals surface area contributed by atoms with Crippen LogP contribution < -0.4 is 21.1 Å². The molecule has 4 heterocycles. The molecule has 0 spiro atoms. The molecule has 2 aromatic heterocycles. The van der Waals surface area contributed by atoms with E-state index in [1.54, 1.807) is 0 Å². The molecule has 4 heteroatoms. The molecule has 9 aromatic rings. The second-order valence-corrected chi connectivity index (χ2v) is 13.9. The van der Waals surface area contributed by atoms with Crippen molar-refractivity contribution in [1.29, 1.82) is 0 Å². The lowest BCUT2D eigenvalue weighted by molar-refractivity contribution is 0.487. The van der Waals surface area contributed by atoms with Gasteiger partial charge in [-0.05, 0) is 108 Å². The second kappa shape index (κ2) is 9.55. The van der Waals surface area contributed by atoms with E-state index in [2.05, 4.69) is 163 Å². The average molecular weight is 627 g/mol. The maximum atomic E-state index is 6.76. The van der Waals surface area contributed by atoms with Gasteiger partial charge in [0.05, 0.1) is 16.6 Å². The van der Waals surface area contributed by atoms with Gasteiger partial charge >= 0.3 is 0 Å². The van der Waals surface area contributed by atoms with Crippen molar-refractivity contribution in [2.45, 2.75) is 20.8 Å². The Balaban J connectivity index is 1.23. The van der Waals surface area contributed by atoms with Gasteiger partial charge in [-0.25, -0.2) is 0 Å². The fraction of sp³-hybridized carbons (Fsp3) is 0.0667. The molecule has 0 N–H and O–H groups in total. The number of para-hydroxylation sites is 3. The fourth-order valence-electron chi connectivity index (χ4n) is 9.25. The summed E-state index contributed by atoms with van der Waals surface area (Å²) in [6.45, 7) is 6.70. The Morgan fingerprint density at radius 3 is 2.10 bits per heavy atom. The minimum atomic E-state index is 0.0647. The normalized spacial score (nSPS) is 12.9. The summed E-state index contributed by atoms with van der Waals surface area (Å²) in [5, 5.41) is 5.10. The van der Waals surface area contributed by atoms with Crippen LogP contribution in [0.1, 0.15) is 16.7 Å². The summed E-state index contributed by atoms with van der Waals surface area (Å²) in [4.78, 5) is 0. The Hall–Kier alpha value is -6.00. The zero-order chi connectivity index (χ0) is 32.5. The van der Waals surface area contributed by atoms with Crippen LogP contribution in [0.3, 0.4) is 0 Å². The molecular weight excluding hydrogens is 595 g/mol. The Labute approximate surface area is 284 Å². The smallest absolute Gasteiger partial charge is 0.256 e. The third-order valence-corrected chi connectivity index (χ3v) is 11.0. The van der Waals surface area contributed by atoms with Crippen LogP contribution in [0.25, 0.3) is 66.1 Å². The quantitative estimate of drug-likeness (QED) is 0.175. The third-order valence-electron chi connectivity index (χ3n) is 11.0. The van der Waals surface area contributed by atoms with Crippen LogP contribution in [0.15, 0.2) is 133 Å². The van der Waals surface area contributed by atoms with Crippen molar-refractivity contribution in [3.05, 3.63) is 150 Å².